The highest BCUT2D eigenvalue weighted by Gasteiger charge is 2.08. The fourth-order valence-electron chi connectivity index (χ4n) is 1.09. The zero-order valence-electron chi connectivity index (χ0n) is 6.89. The molecule has 64 valence electrons. The molecule has 2 N–H and O–H groups in total. The maximum Gasteiger partial charge on any atom is 0.224 e. The van der Waals surface area contributed by atoms with Crippen molar-refractivity contribution in [2.75, 3.05) is 5.73 Å². The molecule has 13 heavy (non-hydrogen) atoms. The van der Waals surface area contributed by atoms with Crippen molar-refractivity contribution in [2.24, 2.45) is 0 Å². The minimum atomic E-state index is 0.240. The van der Waals surface area contributed by atoms with Gasteiger partial charge in [0, 0.05) is 0 Å². The topological polar surface area (TPSA) is 92.9 Å². The van der Waals surface area contributed by atoms with E-state index in [9.17, 15) is 0 Å². The van der Waals surface area contributed by atoms with Gasteiger partial charge >= 0.3 is 0 Å². The Morgan fingerprint density at radius 3 is 3.00 bits per heavy atom. The van der Waals surface area contributed by atoms with Crippen LogP contribution in [0.25, 0.3) is 5.65 Å². The number of nitrogens with two attached hydrogens (primary N) is 1. The van der Waals surface area contributed by atoms with Crippen molar-refractivity contribution in [1.82, 2.24) is 19.6 Å². The van der Waals surface area contributed by atoms with Gasteiger partial charge in [-0.2, -0.15) is 19.9 Å². The first kappa shape index (κ1) is 7.49. The van der Waals surface area contributed by atoms with Gasteiger partial charge in [0.05, 0.1) is 6.20 Å². The third-order valence-corrected chi connectivity index (χ3v) is 1.63. The monoisotopic (exact) mass is 174 g/mol. The first-order valence-corrected chi connectivity index (χ1v) is 3.60. The standard InChI is InChI=1S/C7H6N6/c1-4-11-6-5(2-8)3-10-13(6)7(9)12-4/h3H,1H3,(H2,9,11,12). The van der Waals surface area contributed by atoms with Gasteiger partial charge in [-0.1, -0.05) is 0 Å². The Balaban J connectivity index is 2.92. The first-order valence-electron chi connectivity index (χ1n) is 3.60. The Morgan fingerprint density at radius 1 is 1.54 bits per heavy atom. The third-order valence-electron chi connectivity index (χ3n) is 1.63. The quantitative estimate of drug-likeness (QED) is 0.601. The largest absolute Gasteiger partial charge is 0.368 e. The Bertz CT molecular complexity index is 505. The van der Waals surface area contributed by atoms with Gasteiger partial charge in [-0.15, -0.1) is 0 Å². The van der Waals surface area contributed by atoms with Crippen LogP contribution in [0.2, 0.25) is 0 Å². The predicted octanol–water partition coefficient (Wildman–Crippen LogP) is -0.113. The molecule has 0 radical (unpaired) electrons. The van der Waals surface area contributed by atoms with E-state index < -0.39 is 0 Å². The summed E-state index contributed by atoms with van der Waals surface area (Å²) in [6, 6.07) is 1.98. The lowest BCUT2D eigenvalue weighted by molar-refractivity contribution is 0.886. The first-order chi connectivity index (χ1) is 6.22. The second-order valence-corrected chi connectivity index (χ2v) is 2.53. The zero-order chi connectivity index (χ0) is 9.42. The summed E-state index contributed by atoms with van der Waals surface area (Å²) in [5.74, 6) is 0.769. The molecule has 0 unspecified atom stereocenters. The van der Waals surface area contributed by atoms with Gasteiger partial charge in [-0.05, 0) is 6.92 Å². The average Bonchev–Trinajstić information content (AvgIpc) is 2.47. The lowest BCUT2D eigenvalue weighted by Crippen LogP contribution is -2.05. The lowest BCUT2D eigenvalue weighted by atomic mass is 10.4. The van der Waals surface area contributed by atoms with Crippen LogP contribution in [0.1, 0.15) is 11.4 Å². The molecule has 0 bridgehead atoms. The van der Waals surface area contributed by atoms with E-state index in [0.717, 1.165) is 0 Å². The highest BCUT2D eigenvalue weighted by molar-refractivity contribution is 5.55. The molecule has 2 rings (SSSR count). The third kappa shape index (κ3) is 0.980. The number of fused-ring (bicyclic) bond motifs is 1. The summed E-state index contributed by atoms with van der Waals surface area (Å²) in [5.41, 5.74) is 6.42. The summed E-state index contributed by atoms with van der Waals surface area (Å²) in [5, 5.41) is 12.6. The fraction of sp³-hybridized carbons (Fsp3) is 0.143. The summed E-state index contributed by atoms with van der Waals surface area (Å²) < 4.78 is 1.34. The SMILES string of the molecule is Cc1nc(N)n2ncc(C#N)c2n1. The molecule has 0 aliphatic carbocycles. The molecule has 0 amide bonds. The van der Waals surface area contributed by atoms with Crippen LogP contribution < -0.4 is 5.73 Å². The minimum absolute atomic E-state index is 0.240. The van der Waals surface area contributed by atoms with Crippen LogP contribution >= 0.6 is 0 Å². The number of nitriles is 1. The molecule has 2 aromatic heterocycles. The maximum atomic E-state index is 8.70. The normalized spacial score (nSPS) is 10.2. The van der Waals surface area contributed by atoms with Crippen LogP contribution in [0.5, 0.6) is 0 Å². The van der Waals surface area contributed by atoms with Crippen molar-refractivity contribution < 1.29 is 0 Å². The molecular formula is C7H6N6. The Kier molecular flexibility index (Phi) is 1.39. The van der Waals surface area contributed by atoms with E-state index in [-0.39, 0.29) is 5.95 Å². The Labute approximate surface area is 73.6 Å². The smallest absolute Gasteiger partial charge is 0.224 e. The van der Waals surface area contributed by atoms with E-state index in [2.05, 4.69) is 15.1 Å². The van der Waals surface area contributed by atoms with Crippen molar-refractivity contribution in [2.45, 2.75) is 6.92 Å². The molecule has 0 saturated carbocycles. The van der Waals surface area contributed by atoms with Gasteiger partial charge < -0.3 is 5.73 Å². The molecule has 0 fully saturated rings. The van der Waals surface area contributed by atoms with Gasteiger partial charge in [0.2, 0.25) is 5.95 Å². The van der Waals surface area contributed by atoms with Crippen LogP contribution in [0.15, 0.2) is 6.20 Å². The molecule has 0 saturated heterocycles. The summed E-state index contributed by atoms with van der Waals surface area (Å²) >= 11 is 0. The fourth-order valence-corrected chi connectivity index (χ4v) is 1.09. The maximum absolute atomic E-state index is 8.70. The average molecular weight is 174 g/mol. The Morgan fingerprint density at radius 2 is 2.31 bits per heavy atom. The Hall–Kier alpha value is -2.16. The van der Waals surface area contributed by atoms with E-state index in [1.54, 1.807) is 6.92 Å². The number of hydrogen-bond donors (Lipinski definition) is 1. The molecule has 0 atom stereocenters. The van der Waals surface area contributed by atoms with E-state index in [1.807, 2.05) is 6.07 Å². The van der Waals surface area contributed by atoms with Crippen molar-refractivity contribution >= 4 is 11.6 Å². The molecule has 0 aliphatic rings. The number of aryl methyl sites for hydroxylation is 1. The highest BCUT2D eigenvalue weighted by Crippen LogP contribution is 2.09. The number of nitrogens with zero attached hydrogens (tertiary/aromatic N) is 5. The second kappa shape index (κ2) is 2.42. The zero-order valence-corrected chi connectivity index (χ0v) is 6.89. The van der Waals surface area contributed by atoms with Gasteiger partial charge in [0.25, 0.3) is 0 Å². The van der Waals surface area contributed by atoms with Crippen molar-refractivity contribution in [1.29, 1.82) is 5.26 Å². The molecule has 2 heterocycles. The van der Waals surface area contributed by atoms with E-state index in [1.165, 1.54) is 10.7 Å². The molecule has 6 heteroatoms. The summed E-state index contributed by atoms with van der Waals surface area (Å²) in [6.45, 7) is 1.71. The number of anilines is 1. The van der Waals surface area contributed by atoms with E-state index in [0.29, 0.717) is 17.0 Å². The number of aromatic nitrogens is 4. The van der Waals surface area contributed by atoms with Crippen LogP contribution in [0, 0.1) is 18.3 Å². The molecular weight excluding hydrogens is 168 g/mol. The van der Waals surface area contributed by atoms with E-state index >= 15 is 0 Å². The molecule has 0 aromatic carbocycles. The lowest BCUT2D eigenvalue weighted by Gasteiger charge is -1.97. The van der Waals surface area contributed by atoms with Crippen LogP contribution in [-0.2, 0) is 0 Å². The van der Waals surface area contributed by atoms with Crippen LogP contribution in [0.4, 0.5) is 5.95 Å². The van der Waals surface area contributed by atoms with Crippen LogP contribution in [0.3, 0.4) is 0 Å². The second-order valence-electron chi connectivity index (χ2n) is 2.53. The minimum Gasteiger partial charge on any atom is -0.368 e. The molecule has 6 nitrogen and oxygen atoms in total. The summed E-state index contributed by atoms with van der Waals surface area (Å²) in [4.78, 5) is 7.96. The summed E-state index contributed by atoms with van der Waals surface area (Å²) in [6.07, 6.45) is 1.42. The van der Waals surface area contributed by atoms with Gasteiger partial charge in [0.1, 0.15) is 17.5 Å². The van der Waals surface area contributed by atoms with Crippen molar-refractivity contribution in [3.63, 3.8) is 0 Å². The van der Waals surface area contributed by atoms with Gasteiger partial charge in [-0.25, -0.2) is 4.98 Å². The molecule has 0 aliphatic heterocycles. The molecule has 2 aromatic rings. The molecule has 0 spiro atoms. The van der Waals surface area contributed by atoms with Gasteiger partial charge in [0.15, 0.2) is 5.65 Å². The number of nitrogen functional groups attached to an aromatic ring is 1. The van der Waals surface area contributed by atoms with Crippen molar-refractivity contribution in [3.8, 4) is 6.07 Å². The summed E-state index contributed by atoms with van der Waals surface area (Å²) in [7, 11) is 0. The number of hydrogen-bond acceptors (Lipinski definition) is 5. The van der Waals surface area contributed by atoms with Crippen molar-refractivity contribution in [3.05, 3.63) is 17.6 Å². The van der Waals surface area contributed by atoms with Gasteiger partial charge in [-0.3, -0.25) is 0 Å². The van der Waals surface area contributed by atoms with Crippen LogP contribution in [-0.4, -0.2) is 19.6 Å². The number of rotatable bonds is 0. The van der Waals surface area contributed by atoms with E-state index in [4.69, 9.17) is 11.0 Å². The predicted molar refractivity (Wildman–Crippen MR) is 44.6 cm³/mol. The highest BCUT2D eigenvalue weighted by atomic mass is 15.3.